The molecule has 5 rings (SSSR count). The minimum atomic E-state index is -0.485. The highest BCUT2D eigenvalue weighted by Crippen LogP contribution is 2.42. The molecule has 0 spiro atoms. The van der Waals surface area contributed by atoms with E-state index in [1.54, 1.807) is 11.9 Å². The Bertz CT molecular complexity index is 880. The van der Waals surface area contributed by atoms with E-state index in [0.717, 1.165) is 61.9 Å². The third-order valence-corrected chi connectivity index (χ3v) is 7.79. The third-order valence-electron chi connectivity index (χ3n) is 6.62. The van der Waals surface area contributed by atoms with Crippen LogP contribution in [0.3, 0.4) is 0 Å². The molecule has 2 aromatic rings. The number of hydrogen-bond donors (Lipinski definition) is 1. The first-order valence-electron chi connectivity index (χ1n) is 12.4. The van der Waals surface area contributed by atoms with Gasteiger partial charge in [-0.05, 0) is 67.1 Å². The number of nitrogens with zero attached hydrogens (tertiary/aromatic N) is 1. The summed E-state index contributed by atoms with van der Waals surface area (Å²) in [6.45, 7) is 9.25. The van der Waals surface area contributed by atoms with E-state index < -0.39 is 6.10 Å². The van der Waals surface area contributed by atoms with Crippen molar-refractivity contribution in [1.82, 2.24) is 0 Å². The number of hydrogen-bond acceptors (Lipinski definition) is 6. The molecule has 0 amide bonds. The average Bonchev–Trinajstić information content (AvgIpc) is 2.84. The Morgan fingerprint density at radius 2 is 1.73 bits per heavy atom. The molecule has 5 nitrogen and oxygen atoms in total. The maximum atomic E-state index is 10.9. The molecule has 0 aliphatic carbocycles. The van der Waals surface area contributed by atoms with E-state index in [1.807, 2.05) is 19.9 Å². The van der Waals surface area contributed by atoms with Crippen molar-refractivity contribution in [2.24, 2.45) is 5.92 Å². The van der Waals surface area contributed by atoms with Gasteiger partial charge in [0.05, 0.1) is 25.4 Å². The van der Waals surface area contributed by atoms with Crippen molar-refractivity contribution in [3.05, 3.63) is 53.6 Å². The highest BCUT2D eigenvalue weighted by molar-refractivity contribution is 8.00. The summed E-state index contributed by atoms with van der Waals surface area (Å²) in [5.74, 6) is 1.29. The molecule has 0 aromatic heterocycles. The number of ether oxygens (including phenoxy) is 3. The lowest BCUT2D eigenvalue weighted by Crippen LogP contribution is -2.45. The molecule has 2 fully saturated rings. The lowest BCUT2D eigenvalue weighted by Gasteiger charge is -2.38. The maximum absolute atomic E-state index is 10.9. The molecule has 0 saturated carbocycles. The van der Waals surface area contributed by atoms with Crippen LogP contribution in [0.1, 0.15) is 57.3 Å². The Balaban J connectivity index is 0.00000126. The zero-order chi connectivity index (χ0) is 23.2. The first-order valence-corrected chi connectivity index (χ1v) is 13.2. The minimum Gasteiger partial charge on any atom is -0.490 e. The van der Waals surface area contributed by atoms with Crippen LogP contribution in [0.15, 0.2) is 47.4 Å². The molecule has 2 unspecified atom stereocenters. The monoisotopic (exact) mass is 471 g/mol. The molecule has 1 N–H and O–H groups in total. The van der Waals surface area contributed by atoms with Gasteiger partial charge in [0, 0.05) is 41.7 Å². The zero-order valence-corrected chi connectivity index (χ0v) is 20.9. The lowest BCUT2D eigenvalue weighted by molar-refractivity contribution is -0.0151. The Labute approximate surface area is 202 Å². The summed E-state index contributed by atoms with van der Waals surface area (Å²) in [4.78, 5) is 1.11. The summed E-state index contributed by atoms with van der Waals surface area (Å²) < 4.78 is 19.6. The SMILES string of the molecule is CC.CCc1ccc(N(Sc2ccc3c(c2)C(O)CC(C2CCOCC2)O3)C2COC2)cc1. The highest BCUT2D eigenvalue weighted by Gasteiger charge is 2.34. The van der Waals surface area contributed by atoms with Gasteiger partial charge >= 0.3 is 0 Å². The van der Waals surface area contributed by atoms with E-state index in [4.69, 9.17) is 14.2 Å². The van der Waals surface area contributed by atoms with Gasteiger partial charge in [0.1, 0.15) is 11.9 Å². The predicted octanol–water partition coefficient (Wildman–Crippen LogP) is 5.80. The average molecular weight is 472 g/mol. The van der Waals surface area contributed by atoms with Gasteiger partial charge in [-0.15, -0.1) is 0 Å². The van der Waals surface area contributed by atoms with E-state index >= 15 is 0 Å². The summed E-state index contributed by atoms with van der Waals surface area (Å²) in [5, 5.41) is 10.9. The molecular formula is C27H37NO4S. The fraction of sp³-hybridized carbons (Fsp3) is 0.556. The van der Waals surface area contributed by atoms with Crippen LogP contribution in [0.2, 0.25) is 0 Å². The van der Waals surface area contributed by atoms with E-state index in [1.165, 1.54) is 11.3 Å². The second kappa shape index (κ2) is 11.6. The summed E-state index contributed by atoms with van der Waals surface area (Å²) in [6, 6.07) is 15.4. The van der Waals surface area contributed by atoms with Gasteiger partial charge in [0.2, 0.25) is 0 Å². The molecule has 3 heterocycles. The number of aryl methyl sites for hydroxylation is 1. The number of aliphatic hydroxyl groups is 1. The van der Waals surface area contributed by atoms with E-state index in [9.17, 15) is 5.11 Å². The molecule has 0 radical (unpaired) electrons. The van der Waals surface area contributed by atoms with Gasteiger partial charge in [-0.25, -0.2) is 0 Å². The van der Waals surface area contributed by atoms with E-state index in [2.05, 4.69) is 47.6 Å². The maximum Gasteiger partial charge on any atom is 0.125 e. The highest BCUT2D eigenvalue weighted by atomic mass is 32.2. The van der Waals surface area contributed by atoms with Crippen LogP contribution < -0.4 is 9.04 Å². The summed E-state index contributed by atoms with van der Waals surface area (Å²) in [6.07, 6.45) is 3.31. The van der Waals surface area contributed by atoms with Gasteiger partial charge in [-0.3, -0.25) is 0 Å². The molecule has 6 heteroatoms. The Kier molecular flexibility index (Phi) is 8.58. The topological polar surface area (TPSA) is 51.2 Å². The first kappa shape index (κ1) is 24.4. The van der Waals surface area contributed by atoms with Crippen LogP contribution in [-0.2, 0) is 15.9 Å². The molecule has 2 saturated heterocycles. The van der Waals surface area contributed by atoms with Gasteiger partial charge in [-0.2, -0.15) is 0 Å². The van der Waals surface area contributed by atoms with Crippen LogP contribution in [0, 0.1) is 5.92 Å². The zero-order valence-electron chi connectivity index (χ0n) is 20.0. The van der Waals surface area contributed by atoms with E-state index in [0.29, 0.717) is 18.4 Å². The standard InChI is InChI=1S/C25H31NO4S.C2H6/c1-2-17-3-5-19(6-4-17)26(20-15-29-16-20)31-21-7-8-24-22(13-21)23(27)14-25(30-24)18-9-11-28-12-10-18;1-2/h3-8,13,18,20,23,25,27H,2,9-12,14-16H2,1H3;1-2H3. The van der Waals surface area contributed by atoms with Gasteiger partial charge < -0.3 is 23.6 Å². The summed E-state index contributed by atoms with van der Waals surface area (Å²) >= 11 is 1.71. The van der Waals surface area contributed by atoms with Crippen molar-refractivity contribution in [1.29, 1.82) is 0 Å². The largest absolute Gasteiger partial charge is 0.490 e. The first-order chi connectivity index (χ1) is 16.2. The third kappa shape index (κ3) is 5.68. The predicted molar refractivity (Wildman–Crippen MR) is 134 cm³/mol. The molecule has 3 aliphatic rings. The molecular weight excluding hydrogens is 434 g/mol. The number of anilines is 1. The smallest absolute Gasteiger partial charge is 0.125 e. The molecule has 2 aromatic carbocycles. The minimum absolute atomic E-state index is 0.0746. The normalized spacial score (nSPS) is 22.9. The molecule has 3 aliphatic heterocycles. The van der Waals surface area contributed by atoms with Crippen molar-refractivity contribution in [2.45, 2.75) is 69.6 Å². The van der Waals surface area contributed by atoms with Crippen LogP contribution in [-0.4, -0.2) is 43.7 Å². The summed E-state index contributed by atoms with van der Waals surface area (Å²) in [7, 11) is 0. The van der Waals surface area contributed by atoms with Gasteiger partial charge in [0.25, 0.3) is 0 Å². The Morgan fingerprint density at radius 3 is 2.36 bits per heavy atom. The fourth-order valence-corrected chi connectivity index (χ4v) is 5.61. The number of fused-ring (bicyclic) bond motifs is 1. The Hall–Kier alpha value is -1.73. The van der Waals surface area contributed by atoms with Gasteiger partial charge in [0.15, 0.2) is 0 Å². The number of aliphatic hydroxyl groups excluding tert-OH is 1. The molecule has 0 bridgehead atoms. The van der Waals surface area contributed by atoms with Crippen molar-refractivity contribution >= 4 is 17.6 Å². The number of benzene rings is 2. The van der Waals surface area contributed by atoms with Crippen molar-refractivity contribution in [2.75, 3.05) is 30.7 Å². The van der Waals surface area contributed by atoms with Crippen LogP contribution in [0.4, 0.5) is 5.69 Å². The van der Waals surface area contributed by atoms with E-state index in [-0.39, 0.29) is 6.10 Å². The fourth-order valence-electron chi connectivity index (χ4n) is 4.57. The quantitative estimate of drug-likeness (QED) is 0.538. The van der Waals surface area contributed by atoms with Crippen LogP contribution in [0.25, 0.3) is 0 Å². The second-order valence-corrected chi connectivity index (χ2v) is 9.73. The van der Waals surface area contributed by atoms with Gasteiger partial charge in [-0.1, -0.05) is 32.9 Å². The Morgan fingerprint density at radius 1 is 1.00 bits per heavy atom. The van der Waals surface area contributed by atoms with Crippen molar-refractivity contribution < 1.29 is 19.3 Å². The lowest BCUT2D eigenvalue weighted by atomic mass is 9.87. The second-order valence-electron chi connectivity index (χ2n) is 8.69. The molecule has 180 valence electrons. The number of rotatable bonds is 6. The van der Waals surface area contributed by atoms with Crippen LogP contribution in [0.5, 0.6) is 5.75 Å². The van der Waals surface area contributed by atoms with Crippen molar-refractivity contribution in [3.63, 3.8) is 0 Å². The molecule has 33 heavy (non-hydrogen) atoms. The summed E-state index contributed by atoms with van der Waals surface area (Å²) in [5.41, 5.74) is 3.43. The molecule has 2 atom stereocenters. The van der Waals surface area contributed by atoms with Crippen molar-refractivity contribution in [3.8, 4) is 5.75 Å². The van der Waals surface area contributed by atoms with Crippen LogP contribution >= 0.6 is 11.9 Å².